The minimum absolute atomic E-state index is 0.123. The summed E-state index contributed by atoms with van der Waals surface area (Å²) in [6.07, 6.45) is -3.93. The average Bonchev–Trinajstić information content (AvgIpc) is 2.72. The Bertz CT molecular complexity index is 1000. The second-order valence-corrected chi connectivity index (χ2v) is 9.31. The van der Waals surface area contributed by atoms with Gasteiger partial charge in [-0.3, -0.25) is 4.79 Å². The molecule has 0 spiro atoms. The van der Waals surface area contributed by atoms with Crippen LogP contribution < -0.4 is 0 Å². The van der Waals surface area contributed by atoms with Crippen LogP contribution in [-0.2, 0) is 32.3 Å². The standard InChI is InChI=1S/C20H19ClF3NO4S/c21-17-4-6-18(7-5-17)30(27,28)25-10-8-15(9-11-25)19(26)29-13-14-2-1-3-16(12-14)20(22,23)24/h1-7,12,15H,8-11,13H2. The molecule has 0 atom stereocenters. The molecule has 0 bridgehead atoms. The van der Waals surface area contributed by atoms with E-state index in [9.17, 15) is 26.4 Å². The van der Waals surface area contributed by atoms with Crippen LogP contribution in [-0.4, -0.2) is 31.8 Å². The first-order chi connectivity index (χ1) is 14.1. The summed E-state index contributed by atoms with van der Waals surface area (Å²) >= 11 is 5.79. The van der Waals surface area contributed by atoms with Gasteiger partial charge in [-0.25, -0.2) is 8.42 Å². The Morgan fingerprint density at radius 3 is 2.33 bits per heavy atom. The molecule has 30 heavy (non-hydrogen) atoms. The number of carbonyl (C=O) groups is 1. The Morgan fingerprint density at radius 2 is 1.73 bits per heavy atom. The SMILES string of the molecule is O=C(OCc1cccc(C(F)(F)F)c1)C1CCN(S(=O)(=O)c2ccc(Cl)cc2)CC1. The van der Waals surface area contributed by atoms with Crippen molar-refractivity contribution < 1.29 is 31.1 Å². The fourth-order valence-electron chi connectivity index (χ4n) is 3.20. The van der Waals surface area contributed by atoms with E-state index in [1.54, 1.807) is 0 Å². The van der Waals surface area contributed by atoms with Gasteiger partial charge in [-0.15, -0.1) is 0 Å². The number of carbonyl (C=O) groups excluding carboxylic acids is 1. The summed E-state index contributed by atoms with van der Waals surface area (Å²) in [5.41, 5.74) is -0.572. The minimum atomic E-state index is -4.47. The van der Waals surface area contributed by atoms with Gasteiger partial charge in [-0.05, 0) is 54.8 Å². The lowest BCUT2D eigenvalue weighted by molar-refractivity contribution is -0.151. The number of sulfonamides is 1. The normalized spacial score (nSPS) is 16.4. The number of alkyl halides is 3. The Hall–Kier alpha value is -2.10. The lowest BCUT2D eigenvalue weighted by atomic mass is 9.98. The van der Waals surface area contributed by atoms with Crippen LogP contribution in [0.3, 0.4) is 0 Å². The maximum absolute atomic E-state index is 12.8. The highest BCUT2D eigenvalue weighted by molar-refractivity contribution is 7.89. The predicted octanol–water partition coefficient (Wildman–Crippen LogP) is 4.50. The van der Waals surface area contributed by atoms with Crippen molar-refractivity contribution in [2.24, 2.45) is 5.92 Å². The van der Waals surface area contributed by atoms with Crippen LogP contribution in [0.2, 0.25) is 5.02 Å². The molecule has 5 nitrogen and oxygen atoms in total. The average molecular weight is 462 g/mol. The summed E-state index contributed by atoms with van der Waals surface area (Å²) in [6, 6.07) is 10.4. The number of hydrogen-bond acceptors (Lipinski definition) is 4. The lowest BCUT2D eigenvalue weighted by Crippen LogP contribution is -2.40. The largest absolute Gasteiger partial charge is 0.461 e. The van der Waals surface area contributed by atoms with E-state index in [0.29, 0.717) is 5.02 Å². The molecule has 1 fully saturated rings. The van der Waals surface area contributed by atoms with Crippen molar-refractivity contribution in [1.29, 1.82) is 0 Å². The van der Waals surface area contributed by atoms with Gasteiger partial charge in [0, 0.05) is 18.1 Å². The van der Waals surface area contributed by atoms with Gasteiger partial charge in [-0.1, -0.05) is 23.7 Å². The molecule has 0 aromatic heterocycles. The maximum atomic E-state index is 12.8. The number of nitrogens with zero attached hydrogens (tertiary/aromatic N) is 1. The van der Waals surface area contributed by atoms with E-state index < -0.39 is 33.7 Å². The molecule has 1 aliphatic rings. The number of halogens is 4. The van der Waals surface area contributed by atoms with Crippen LogP contribution in [0.4, 0.5) is 13.2 Å². The van der Waals surface area contributed by atoms with Crippen LogP contribution in [0.1, 0.15) is 24.0 Å². The van der Waals surface area contributed by atoms with Gasteiger partial charge in [0.1, 0.15) is 6.61 Å². The van der Waals surface area contributed by atoms with Gasteiger partial charge in [0.25, 0.3) is 0 Å². The van der Waals surface area contributed by atoms with Gasteiger partial charge in [-0.2, -0.15) is 17.5 Å². The molecular formula is C20H19ClF3NO4S. The summed E-state index contributed by atoms with van der Waals surface area (Å²) in [7, 11) is -3.69. The van der Waals surface area contributed by atoms with Crippen molar-refractivity contribution in [1.82, 2.24) is 4.31 Å². The van der Waals surface area contributed by atoms with E-state index in [2.05, 4.69) is 0 Å². The molecular weight excluding hydrogens is 443 g/mol. The second kappa shape index (κ2) is 8.95. The third-order valence-corrected chi connectivity index (χ3v) is 7.04. The molecule has 0 amide bonds. The van der Waals surface area contributed by atoms with Crippen molar-refractivity contribution in [3.05, 3.63) is 64.7 Å². The molecule has 0 N–H and O–H groups in total. The van der Waals surface area contributed by atoms with Crippen molar-refractivity contribution in [3.8, 4) is 0 Å². The van der Waals surface area contributed by atoms with Crippen molar-refractivity contribution in [2.75, 3.05) is 13.1 Å². The zero-order valence-electron chi connectivity index (χ0n) is 15.7. The molecule has 3 rings (SSSR count). The first-order valence-corrected chi connectivity index (χ1v) is 11.0. The van der Waals surface area contributed by atoms with E-state index in [1.807, 2.05) is 0 Å². The zero-order valence-corrected chi connectivity index (χ0v) is 17.3. The third-order valence-electron chi connectivity index (χ3n) is 4.87. The maximum Gasteiger partial charge on any atom is 0.416 e. The number of esters is 1. The Balaban J connectivity index is 1.55. The first kappa shape index (κ1) is 22.6. The molecule has 1 aliphatic heterocycles. The van der Waals surface area contributed by atoms with E-state index in [1.165, 1.54) is 40.7 Å². The number of piperidine rings is 1. The predicted molar refractivity (Wildman–Crippen MR) is 104 cm³/mol. The molecule has 0 unspecified atom stereocenters. The number of hydrogen-bond donors (Lipinski definition) is 0. The van der Waals surface area contributed by atoms with Gasteiger partial charge in [0.15, 0.2) is 0 Å². The molecule has 1 heterocycles. The zero-order chi connectivity index (χ0) is 21.9. The molecule has 2 aromatic rings. The summed E-state index contributed by atoms with van der Waals surface area (Å²) < 4.78 is 70.1. The summed E-state index contributed by atoms with van der Waals surface area (Å²) in [4.78, 5) is 12.4. The molecule has 0 aliphatic carbocycles. The van der Waals surface area contributed by atoms with E-state index in [0.717, 1.165) is 12.1 Å². The third kappa shape index (κ3) is 5.33. The van der Waals surface area contributed by atoms with Crippen LogP contribution in [0.5, 0.6) is 0 Å². The summed E-state index contributed by atoms with van der Waals surface area (Å²) in [5, 5.41) is 0.427. The molecule has 162 valence electrons. The molecule has 0 radical (unpaired) electrons. The van der Waals surface area contributed by atoms with Crippen molar-refractivity contribution in [3.63, 3.8) is 0 Å². The summed E-state index contributed by atoms with van der Waals surface area (Å²) in [5.74, 6) is -1.05. The van der Waals surface area contributed by atoms with Crippen molar-refractivity contribution in [2.45, 2.75) is 30.5 Å². The Morgan fingerprint density at radius 1 is 1.10 bits per heavy atom. The monoisotopic (exact) mass is 461 g/mol. The highest BCUT2D eigenvalue weighted by Gasteiger charge is 2.33. The van der Waals surface area contributed by atoms with Gasteiger partial charge in [0.2, 0.25) is 10.0 Å². The summed E-state index contributed by atoms with van der Waals surface area (Å²) in [6.45, 7) is 0.0224. The van der Waals surface area contributed by atoms with Crippen LogP contribution in [0.25, 0.3) is 0 Å². The molecule has 1 saturated heterocycles. The van der Waals surface area contributed by atoms with E-state index >= 15 is 0 Å². The van der Waals surface area contributed by atoms with Gasteiger partial charge in [0.05, 0.1) is 16.4 Å². The minimum Gasteiger partial charge on any atom is -0.461 e. The van der Waals surface area contributed by atoms with E-state index in [-0.39, 0.29) is 43.0 Å². The lowest BCUT2D eigenvalue weighted by Gasteiger charge is -2.30. The topological polar surface area (TPSA) is 63.7 Å². The smallest absolute Gasteiger partial charge is 0.416 e. The Kier molecular flexibility index (Phi) is 6.74. The van der Waals surface area contributed by atoms with Gasteiger partial charge < -0.3 is 4.74 Å². The number of rotatable bonds is 5. The highest BCUT2D eigenvalue weighted by Crippen LogP contribution is 2.30. The molecule has 2 aromatic carbocycles. The van der Waals surface area contributed by atoms with Crippen LogP contribution >= 0.6 is 11.6 Å². The molecule has 10 heteroatoms. The molecule has 0 saturated carbocycles. The van der Waals surface area contributed by atoms with Crippen LogP contribution in [0.15, 0.2) is 53.4 Å². The first-order valence-electron chi connectivity index (χ1n) is 9.16. The van der Waals surface area contributed by atoms with Crippen LogP contribution in [0, 0.1) is 5.92 Å². The second-order valence-electron chi connectivity index (χ2n) is 6.94. The van der Waals surface area contributed by atoms with Gasteiger partial charge >= 0.3 is 12.1 Å². The highest BCUT2D eigenvalue weighted by atomic mass is 35.5. The fraction of sp³-hybridized carbons (Fsp3) is 0.350. The van der Waals surface area contributed by atoms with E-state index in [4.69, 9.17) is 16.3 Å². The quantitative estimate of drug-likeness (QED) is 0.615. The van der Waals surface area contributed by atoms with Crippen molar-refractivity contribution >= 4 is 27.6 Å². The number of benzene rings is 2. The Labute approximate surface area is 177 Å². The number of ether oxygens (including phenoxy) is 1. The fourth-order valence-corrected chi connectivity index (χ4v) is 4.79.